The normalized spacial score (nSPS) is 13.7. The van der Waals surface area contributed by atoms with E-state index in [1.54, 1.807) is 4.57 Å². The lowest BCUT2D eigenvalue weighted by molar-refractivity contribution is 0.374. The summed E-state index contributed by atoms with van der Waals surface area (Å²) in [5, 5.41) is 8.07. The zero-order valence-electron chi connectivity index (χ0n) is 23.9. The van der Waals surface area contributed by atoms with Crippen LogP contribution in [0.15, 0.2) is 67.2 Å². The van der Waals surface area contributed by atoms with Gasteiger partial charge in [0.25, 0.3) is 5.56 Å². The van der Waals surface area contributed by atoms with Crippen molar-refractivity contribution in [2.75, 3.05) is 0 Å². The smallest absolute Gasteiger partial charge is 0.339 e. The van der Waals surface area contributed by atoms with E-state index >= 15 is 0 Å². The average Bonchev–Trinajstić information content (AvgIpc) is 3.79. The third-order valence-corrected chi connectivity index (χ3v) is 8.06. The van der Waals surface area contributed by atoms with Crippen LogP contribution in [0.25, 0.3) is 22.5 Å². The highest BCUT2D eigenvalue weighted by Crippen LogP contribution is 2.32. The Morgan fingerprint density at radius 2 is 1.71 bits per heavy atom. The van der Waals surface area contributed by atoms with E-state index in [1.807, 2.05) is 55.5 Å². The Bertz CT molecular complexity index is 1790. The molecule has 5 aromatic rings. The molecule has 10 nitrogen and oxygen atoms in total. The quantitative estimate of drug-likeness (QED) is 0.232. The summed E-state index contributed by atoms with van der Waals surface area (Å²) in [5.74, 6) is 2.13. The SMILES string of the molecule is CCCCc1nc(C)c(Cc2nc(C3CCCC3)no2)c(=O)n1Cc1ccc(-c2ccccc2-c2noc(=O)[nH]2)cc1. The van der Waals surface area contributed by atoms with Gasteiger partial charge in [-0.3, -0.25) is 18.9 Å². The molecule has 0 atom stereocenters. The number of H-pyrrole nitrogens is 1. The first-order valence-corrected chi connectivity index (χ1v) is 14.7. The molecule has 1 fully saturated rings. The van der Waals surface area contributed by atoms with Gasteiger partial charge < -0.3 is 4.52 Å². The topological polar surface area (TPSA) is 133 Å². The summed E-state index contributed by atoms with van der Waals surface area (Å²) in [6.07, 6.45) is 7.50. The van der Waals surface area contributed by atoms with Gasteiger partial charge in [0.1, 0.15) is 5.82 Å². The summed E-state index contributed by atoms with van der Waals surface area (Å²) in [6.45, 7) is 4.42. The average molecular weight is 567 g/mol. The van der Waals surface area contributed by atoms with E-state index in [-0.39, 0.29) is 12.0 Å². The van der Waals surface area contributed by atoms with E-state index < -0.39 is 5.76 Å². The van der Waals surface area contributed by atoms with Crippen LogP contribution < -0.4 is 11.3 Å². The Kier molecular flexibility index (Phi) is 7.94. The second-order valence-corrected chi connectivity index (χ2v) is 11.0. The Morgan fingerprint density at radius 1 is 0.952 bits per heavy atom. The fourth-order valence-electron chi connectivity index (χ4n) is 5.75. The number of aryl methyl sites for hydroxylation is 2. The molecule has 0 radical (unpaired) electrons. The predicted molar refractivity (Wildman–Crippen MR) is 157 cm³/mol. The van der Waals surface area contributed by atoms with E-state index in [2.05, 4.69) is 27.2 Å². The van der Waals surface area contributed by atoms with Crippen LogP contribution in [0, 0.1) is 6.92 Å². The molecule has 0 unspecified atom stereocenters. The van der Waals surface area contributed by atoms with Crippen molar-refractivity contribution in [3.05, 3.63) is 104 Å². The fraction of sp³-hybridized carbons (Fsp3) is 0.375. The number of unbranched alkanes of at least 4 members (excludes halogenated alkanes) is 1. The van der Waals surface area contributed by atoms with Crippen molar-refractivity contribution < 1.29 is 9.05 Å². The van der Waals surface area contributed by atoms with Crippen molar-refractivity contribution in [3.8, 4) is 22.5 Å². The number of hydrogen-bond donors (Lipinski definition) is 1. The highest BCUT2D eigenvalue weighted by molar-refractivity contribution is 5.80. The van der Waals surface area contributed by atoms with Crippen LogP contribution in [0.3, 0.4) is 0 Å². The molecule has 3 heterocycles. The molecule has 6 rings (SSSR count). The van der Waals surface area contributed by atoms with Crippen LogP contribution in [0.1, 0.15) is 85.7 Å². The summed E-state index contributed by atoms with van der Waals surface area (Å²) in [6, 6.07) is 15.7. The van der Waals surface area contributed by atoms with Crippen molar-refractivity contribution in [2.24, 2.45) is 0 Å². The number of aromatic amines is 1. The van der Waals surface area contributed by atoms with Crippen LogP contribution in [0.4, 0.5) is 0 Å². The van der Waals surface area contributed by atoms with E-state index in [0.29, 0.717) is 35.4 Å². The molecule has 0 saturated heterocycles. The van der Waals surface area contributed by atoms with Crippen molar-refractivity contribution in [1.82, 2.24) is 29.8 Å². The van der Waals surface area contributed by atoms with Gasteiger partial charge >= 0.3 is 5.76 Å². The summed E-state index contributed by atoms with van der Waals surface area (Å²) in [5.41, 5.74) is 4.82. The summed E-state index contributed by atoms with van der Waals surface area (Å²) in [4.78, 5) is 37.6. The van der Waals surface area contributed by atoms with Crippen LogP contribution >= 0.6 is 0 Å². The molecule has 0 spiro atoms. The van der Waals surface area contributed by atoms with Gasteiger partial charge in [-0.2, -0.15) is 4.98 Å². The fourth-order valence-corrected chi connectivity index (χ4v) is 5.75. The zero-order chi connectivity index (χ0) is 29.1. The van der Waals surface area contributed by atoms with Crippen molar-refractivity contribution in [3.63, 3.8) is 0 Å². The molecule has 1 N–H and O–H groups in total. The van der Waals surface area contributed by atoms with Crippen LogP contribution in [-0.2, 0) is 19.4 Å². The molecule has 42 heavy (non-hydrogen) atoms. The van der Waals surface area contributed by atoms with Crippen LogP contribution in [-0.4, -0.2) is 29.8 Å². The number of nitrogens with one attached hydrogen (secondary N) is 1. The number of hydrogen-bond acceptors (Lipinski definition) is 8. The van der Waals surface area contributed by atoms with Gasteiger partial charge in [-0.05, 0) is 42.9 Å². The molecule has 10 heteroatoms. The number of aromatic nitrogens is 6. The lowest BCUT2D eigenvalue weighted by Gasteiger charge is -2.16. The molecular formula is C32H34N6O4. The van der Waals surface area contributed by atoms with Crippen LogP contribution in [0.2, 0.25) is 0 Å². The lowest BCUT2D eigenvalue weighted by atomic mass is 9.98. The molecule has 216 valence electrons. The minimum absolute atomic E-state index is 0.0707. The van der Waals surface area contributed by atoms with E-state index in [1.165, 1.54) is 12.8 Å². The zero-order valence-corrected chi connectivity index (χ0v) is 23.9. The number of nitrogens with zero attached hydrogens (tertiary/aromatic N) is 5. The maximum Gasteiger partial charge on any atom is 0.439 e. The molecule has 1 aliphatic carbocycles. The number of benzene rings is 2. The van der Waals surface area contributed by atoms with Gasteiger partial charge in [-0.1, -0.05) is 85.0 Å². The van der Waals surface area contributed by atoms with Gasteiger partial charge in [0.15, 0.2) is 11.6 Å². The second kappa shape index (κ2) is 12.1. The Hall–Kier alpha value is -4.60. The Labute approximate surface area is 242 Å². The van der Waals surface area contributed by atoms with Gasteiger partial charge in [0.2, 0.25) is 5.89 Å². The first kappa shape index (κ1) is 27.6. The van der Waals surface area contributed by atoms with Crippen molar-refractivity contribution >= 4 is 0 Å². The lowest BCUT2D eigenvalue weighted by Crippen LogP contribution is -2.30. The third-order valence-electron chi connectivity index (χ3n) is 8.06. The molecule has 0 aliphatic heterocycles. The highest BCUT2D eigenvalue weighted by Gasteiger charge is 2.24. The number of rotatable bonds is 10. The molecular weight excluding hydrogens is 532 g/mol. The van der Waals surface area contributed by atoms with Gasteiger partial charge in [0.05, 0.1) is 13.0 Å². The summed E-state index contributed by atoms with van der Waals surface area (Å²) < 4.78 is 12.1. The maximum atomic E-state index is 13.9. The summed E-state index contributed by atoms with van der Waals surface area (Å²) in [7, 11) is 0. The van der Waals surface area contributed by atoms with Gasteiger partial charge in [-0.25, -0.2) is 9.78 Å². The molecule has 0 bridgehead atoms. The second-order valence-electron chi connectivity index (χ2n) is 11.0. The minimum atomic E-state index is -0.598. The molecule has 0 amide bonds. The first-order chi connectivity index (χ1) is 20.5. The van der Waals surface area contributed by atoms with E-state index in [4.69, 9.17) is 14.0 Å². The maximum absolute atomic E-state index is 13.9. The van der Waals surface area contributed by atoms with E-state index in [9.17, 15) is 9.59 Å². The Balaban J connectivity index is 1.29. The first-order valence-electron chi connectivity index (χ1n) is 14.7. The van der Waals surface area contributed by atoms with Gasteiger partial charge in [0, 0.05) is 29.2 Å². The monoisotopic (exact) mass is 566 g/mol. The molecule has 2 aromatic carbocycles. The largest absolute Gasteiger partial charge is 0.439 e. The Morgan fingerprint density at radius 3 is 2.43 bits per heavy atom. The molecule has 3 aromatic heterocycles. The van der Waals surface area contributed by atoms with Crippen molar-refractivity contribution in [2.45, 2.75) is 77.7 Å². The van der Waals surface area contributed by atoms with E-state index in [0.717, 1.165) is 66.0 Å². The minimum Gasteiger partial charge on any atom is -0.339 e. The predicted octanol–water partition coefficient (Wildman–Crippen LogP) is 5.58. The molecule has 1 aliphatic rings. The highest BCUT2D eigenvalue weighted by atomic mass is 16.5. The standard InChI is InChI=1S/C32H34N6O4/c1-3-4-13-27-33-20(2)26(18-28-34-29(36-41-28)23-9-5-6-10-23)31(39)38(27)19-21-14-16-22(17-15-21)24-11-7-8-12-25(24)30-35-32(40)42-37-30/h7-8,11-12,14-17,23H,3-6,9-10,13,18-19H2,1-2H3,(H,35,37,40). The van der Waals surface area contributed by atoms with Crippen LogP contribution in [0.5, 0.6) is 0 Å². The van der Waals surface area contributed by atoms with Gasteiger partial charge in [-0.15, -0.1) is 0 Å². The summed E-state index contributed by atoms with van der Waals surface area (Å²) >= 11 is 0. The van der Waals surface area contributed by atoms with Crippen molar-refractivity contribution in [1.29, 1.82) is 0 Å². The third kappa shape index (κ3) is 5.74. The molecule has 1 saturated carbocycles.